The lowest BCUT2D eigenvalue weighted by Gasteiger charge is -2.19. The summed E-state index contributed by atoms with van der Waals surface area (Å²) >= 11 is 0. The van der Waals surface area contributed by atoms with Gasteiger partial charge in [-0.3, -0.25) is 4.98 Å². The molecule has 1 N–H and O–H groups in total. The minimum Gasteiger partial charge on any atom is -0.368 e. The van der Waals surface area contributed by atoms with Crippen LogP contribution in [0.4, 0.5) is 11.6 Å². The van der Waals surface area contributed by atoms with Gasteiger partial charge in [-0.25, -0.2) is 9.97 Å². The molecule has 0 bridgehead atoms. The molecule has 0 aliphatic heterocycles. The van der Waals surface area contributed by atoms with Gasteiger partial charge in [0.25, 0.3) is 0 Å². The highest BCUT2D eigenvalue weighted by atomic mass is 15.2. The van der Waals surface area contributed by atoms with Gasteiger partial charge in [0.15, 0.2) is 0 Å². The number of pyridine rings is 1. The zero-order valence-electron chi connectivity index (χ0n) is 12.5. The van der Waals surface area contributed by atoms with E-state index in [1.54, 1.807) is 6.33 Å². The summed E-state index contributed by atoms with van der Waals surface area (Å²) in [6.07, 6.45) is 3.43. The van der Waals surface area contributed by atoms with Crippen LogP contribution in [-0.4, -0.2) is 28.0 Å². The SMILES string of the molecule is Cc1cc(CN(C)c2cc(NC(C)C)ncn2)ccn1. The molecule has 0 fully saturated rings. The van der Waals surface area contributed by atoms with Crippen LogP contribution in [0, 0.1) is 6.92 Å². The van der Waals surface area contributed by atoms with Crippen molar-refractivity contribution in [1.82, 2.24) is 15.0 Å². The van der Waals surface area contributed by atoms with E-state index in [4.69, 9.17) is 0 Å². The molecule has 2 aromatic heterocycles. The molecule has 0 aliphatic carbocycles. The van der Waals surface area contributed by atoms with Gasteiger partial charge in [-0.05, 0) is 38.5 Å². The van der Waals surface area contributed by atoms with Gasteiger partial charge in [0.05, 0.1) is 0 Å². The summed E-state index contributed by atoms with van der Waals surface area (Å²) in [6.45, 7) is 6.97. The average Bonchev–Trinajstić information content (AvgIpc) is 2.38. The Labute approximate surface area is 120 Å². The normalized spacial score (nSPS) is 10.7. The van der Waals surface area contributed by atoms with Crippen LogP contribution in [0.2, 0.25) is 0 Å². The standard InChI is InChI=1S/C15H21N5/c1-11(2)19-14-8-15(18-10-17-14)20(4)9-13-5-6-16-12(3)7-13/h5-8,10-11H,9H2,1-4H3,(H,17,18,19). The fourth-order valence-corrected chi connectivity index (χ4v) is 1.99. The van der Waals surface area contributed by atoms with Gasteiger partial charge in [0.1, 0.15) is 18.0 Å². The Kier molecular flexibility index (Phi) is 4.50. The van der Waals surface area contributed by atoms with E-state index in [0.29, 0.717) is 6.04 Å². The Balaban J connectivity index is 2.10. The molecular weight excluding hydrogens is 250 g/mol. The second-order valence-electron chi connectivity index (χ2n) is 5.22. The van der Waals surface area contributed by atoms with E-state index in [1.807, 2.05) is 32.3 Å². The first-order valence-electron chi connectivity index (χ1n) is 6.76. The molecule has 0 aromatic carbocycles. The van der Waals surface area contributed by atoms with E-state index < -0.39 is 0 Å². The fourth-order valence-electron chi connectivity index (χ4n) is 1.99. The molecule has 0 spiro atoms. The third kappa shape index (κ3) is 3.91. The van der Waals surface area contributed by atoms with Crippen LogP contribution in [0.25, 0.3) is 0 Å². The number of nitrogens with one attached hydrogen (secondary N) is 1. The molecule has 0 saturated carbocycles. The molecule has 106 valence electrons. The van der Waals surface area contributed by atoms with Crippen molar-refractivity contribution in [2.24, 2.45) is 0 Å². The lowest BCUT2D eigenvalue weighted by Crippen LogP contribution is -2.19. The first-order valence-corrected chi connectivity index (χ1v) is 6.76. The minimum atomic E-state index is 0.353. The first-order chi connectivity index (χ1) is 9.54. The summed E-state index contributed by atoms with van der Waals surface area (Å²) in [5.74, 6) is 1.75. The van der Waals surface area contributed by atoms with Crippen molar-refractivity contribution in [3.8, 4) is 0 Å². The van der Waals surface area contributed by atoms with Crippen molar-refractivity contribution in [3.05, 3.63) is 42.0 Å². The summed E-state index contributed by atoms with van der Waals surface area (Å²) in [7, 11) is 2.03. The molecule has 2 aromatic rings. The summed E-state index contributed by atoms with van der Waals surface area (Å²) in [5, 5.41) is 3.29. The Morgan fingerprint density at radius 2 is 2.00 bits per heavy atom. The van der Waals surface area contributed by atoms with Crippen molar-refractivity contribution >= 4 is 11.6 Å². The predicted octanol–water partition coefficient (Wildman–Crippen LogP) is 2.64. The highest BCUT2D eigenvalue weighted by Crippen LogP contribution is 2.16. The van der Waals surface area contributed by atoms with Crippen LogP contribution in [0.3, 0.4) is 0 Å². The second-order valence-corrected chi connectivity index (χ2v) is 5.22. The van der Waals surface area contributed by atoms with Crippen LogP contribution < -0.4 is 10.2 Å². The third-order valence-electron chi connectivity index (χ3n) is 2.86. The van der Waals surface area contributed by atoms with Gasteiger partial charge >= 0.3 is 0 Å². The number of aryl methyl sites for hydroxylation is 1. The van der Waals surface area contributed by atoms with E-state index in [0.717, 1.165) is 23.9 Å². The predicted molar refractivity (Wildman–Crippen MR) is 81.9 cm³/mol. The highest BCUT2D eigenvalue weighted by molar-refractivity contribution is 5.48. The number of hydrogen-bond donors (Lipinski definition) is 1. The average molecular weight is 271 g/mol. The van der Waals surface area contributed by atoms with E-state index >= 15 is 0 Å². The molecular formula is C15H21N5. The zero-order valence-corrected chi connectivity index (χ0v) is 12.5. The van der Waals surface area contributed by atoms with E-state index in [-0.39, 0.29) is 0 Å². The maximum absolute atomic E-state index is 4.32. The molecule has 5 heteroatoms. The number of hydrogen-bond acceptors (Lipinski definition) is 5. The minimum absolute atomic E-state index is 0.353. The smallest absolute Gasteiger partial charge is 0.134 e. The Hall–Kier alpha value is -2.17. The quantitative estimate of drug-likeness (QED) is 0.906. The molecule has 0 atom stereocenters. The van der Waals surface area contributed by atoms with Crippen molar-refractivity contribution in [1.29, 1.82) is 0 Å². The summed E-state index contributed by atoms with van der Waals surface area (Å²) in [6, 6.07) is 6.43. The molecule has 20 heavy (non-hydrogen) atoms. The Morgan fingerprint density at radius 3 is 2.70 bits per heavy atom. The van der Waals surface area contributed by atoms with Crippen LogP contribution in [0.1, 0.15) is 25.1 Å². The largest absolute Gasteiger partial charge is 0.368 e. The van der Waals surface area contributed by atoms with Gasteiger partial charge < -0.3 is 10.2 Å². The van der Waals surface area contributed by atoms with Crippen LogP contribution in [0.15, 0.2) is 30.7 Å². The van der Waals surface area contributed by atoms with Crippen molar-refractivity contribution in [3.63, 3.8) is 0 Å². The number of nitrogens with zero attached hydrogens (tertiary/aromatic N) is 4. The maximum atomic E-state index is 4.32. The fraction of sp³-hybridized carbons (Fsp3) is 0.400. The lowest BCUT2D eigenvalue weighted by molar-refractivity contribution is 0.867. The monoisotopic (exact) mass is 271 g/mol. The van der Waals surface area contributed by atoms with Gasteiger partial charge in [0, 0.05) is 37.6 Å². The third-order valence-corrected chi connectivity index (χ3v) is 2.86. The highest BCUT2D eigenvalue weighted by Gasteiger charge is 2.06. The van der Waals surface area contributed by atoms with Gasteiger partial charge in [-0.1, -0.05) is 0 Å². The number of rotatable bonds is 5. The Bertz CT molecular complexity index is 568. The Morgan fingerprint density at radius 1 is 1.20 bits per heavy atom. The molecule has 0 aliphatic rings. The topological polar surface area (TPSA) is 53.9 Å². The molecule has 2 heterocycles. The molecule has 2 rings (SSSR count). The van der Waals surface area contributed by atoms with E-state index in [2.05, 4.69) is 45.1 Å². The summed E-state index contributed by atoms with van der Waals surface area (Å²) in [4.78, 5) is 14.9. The van der Waals surface area contributed by atoms with Crippen LogP contribution in [-0.2, 0) is 6.54 Å². The molecule has 0 saturated heterocycles. The molecule has 5 nitrogen and oxygen atoms in total. The van der Waals surface area contributed by atoms with Gasteiger partial charge in [-0.2, -0.15) is 0 Å². The van der Waals surface area contributed by atoms with Crippen LogP contribution in [0.5, 0.6) is 0 Å². The summed E-state index contributed by atoms with van der Waals surface area (Å²) < 4.78 is 0. The van der Waals surface area contributed by atoms with Crippen LogP contribution >= 0.6 is 0 Å². The summed E-state index contributed by atoms with van der Waals surface area (Å²) in [5.41, 5.74) is 2.25. The van der Waals surface area contributed by atoms with Crippen molar-refractivity contribution in [2.75, 3.05) is 17.3 Å². The number of anilines is 2. The van der Waals surface area contributed by atoms with Gasteiger partial charge in [0.2, 0.25) is 0 Å². The lowest BCUT2D eigenvalue weighted by atomic mass is 10.2. The maximum Gasteiger partial charge on any atom is 0.134 e. The molecule has 0 amide bonds. The zero-order chi connectivity index (χ0) is 14.5. The molecule has 0 unspecified atom stereocenters. The number of aromatic nitrogens is 3. The van der Waals surface area contributed by atoms with Crippen molar-refractivity contribution < 1.29 is 0 Å². The van der Waals surface area contributed by atoms with E-state index in [1.165, 1.54) is 5.56 Å². The first kappa shape index (κ1) is 14.2. The second kappa shape index (κ2) is 6.32. The molecule has 0 radical (unpaired) electrons. The van der Waals surface area contributed by atoms with Crippen molar-refractivity contribution in [2.45, 2.75) is 33.4 Å². The van der Waals surface area contributed by atoms with Gasteiger partial charge in [-0.15, -0.1) is 0 Å². The van der Waals surface area contributed by atoms with E-state index in [9.17, 15) is 0 Å².